The molecule has 1 unspecified atom stereocenters. The zero-order chi connectivity index (χ0) is 20.9. The van der Waals surface area contributed by atoms with Crippen molar-refractivity contribution in [1.82, 2.24) is 10.2 Å². The molecule has 1 fully saturated rings. The molecule has 3 rings (SSSR count). The first-order valence-corrected chi connectivity index (χ1v) is 9.92. The van der Waals surface area contributed by atoms with E-state index in [0.29, 0.717) is 17.7 Å². The molecule has 2 aromatic rings. The topological polar surface area (TPSA) is 75.7 Å². The van der Waals surface area contributed by atoms with Crippen molar-refractivity contribution in [3.05, 3.63) is 65.7 Å². The number of benzene rings is 2. The fourth-order valence-electron chi connectivity index (χ4n) is 3.63. The van der Waals surface area contributed by atoms with E-state index in [0.717, 1.165) is 18.4 Å². The fraction of sp³-hybridized carbons (Fsp3) is 0.348. The van der Waals surface area contributed by atoms with Gasteiger partial charge in [0.2, 0.25) is 0 Å². The van der Waals surface area contributed by atoms with E-state index in [2.05, 4.69) is 12.2 Å². The van der Waals surface area contributed by atoms with Crippen LogP contribution in [0.2, 0.25) is 0 Å². The molecule has 29 heavy (non-hydrogen) atoms. The maximum absolute atomic E-state index is 13.3. The second-order valence-electron chi connectivity index (χ2n) is 7.16. The van der Waals surface area contributed by atoms with Gasteiger partial charge in [0.15, 0.2) is 5.78 Å². The van der Waals surface area contributed by atoms with Crippen LogP contribution < -0.4 is 10.1 Å². The summed E-state index contributed by atoms with van der Waals surface area (Å²) in [4.78, 5) is 38.9. The van der Waals surface area contributed by atoms with E-state index in [-0.39, 0.29) is 24.8 Å². The smallest absolute Gasteiger partial charge is 0.325 e. The summed E-state index contributed by atoms with van der Waals surface area (Å²) in [6.07, 6.45) is 2.28. The minimum Gasteiger partial charge on any atom is -0.491 e. The van der Waals surface area contributed by atoms with Gasteiger partial charge in [-0.1, -0.05) is 62.2 Å². The Morgan fingerprint density at radius 1 is 1.07 bits per heavy atom. The number of para-hydroxylation sites is 1. The first-order chi connectivity index (χ1) is 14.0. The van der Waals surface area contributed by atoms with Gasteiger partial charge in [0, 0.05) is 0 Å². The second-order valence-corrected chi connectivity index (χ2v) is 7.16. The van der Waals surface area contributed by atoms with Crippen molar-refractivity contribution in [3.8, 4) is 5.75 Å². The monoisotopic (exact) mass is 394 g/mol. The highest BCUT2D eigenvalue weighted by Gasteiger charge is 2.51. The lowest BCUT2D eigenvalue weighted by atomic mass is 9.85. The van der Waals surface area contributed by atoms with Crippen LogP contribution >= 0.6 is 0 Å². The molecule has 0 aromatic heterocycles. The molecule has 1 saturated heterocycles. The number of unbranched alkanes of at least 4 members (excludes halogenated alkanes) is 1. The average Bonchev–Trinajstić information content (AvgIpc) is 2.98. The van der Waals surface area contributed by atoms with Crippen LogP contribution in [0.1, 0.15) is 49.0 Å². The van der Waals surface area contributed by atoms with E-state index >= 15 is 0 Å². The Labute approximate surface area is 170 Å². The average molecular weight is 394 g/mol. The minimum absolute atomic E-state index is 0.0988. The van der Waals surface area contributed by atoms with Crippen molar-refractivity contribution in [2.75, 3.05) is 13.2 Å². The molecular weight excluding hydrogens is 368 g/mol. The summed E-state index contributed by atoms with van der Waals surface area (Å²) < 4.78 is 5.72. The number of imide groups is 1. The zero-order valence-electron chi connectivity index (χ0n) is 16.8. The summed E-state index contributed by atoms with van der Waals surface area (Å²) in [7, 11) is 0. The highest BCUT2D eigenvalue weighted by molar-refractivity contribution is 6.07. The minimum atomic E-state index is -1.04. The van der Waals surface area contributed by atoms with E-state index in [9.17, 15) is 14.4 Å². The Morgan fingerprint density at radius 2 is 1.76 bits per heavy atom. The molecule has 1 heterocycles. The van der Waals surface area contributed by atoms with Crippen molar-refractivity contribution < 1.29 is 19.1 Å². The lowest BCUT2D eigenvalue weighted by Crippen LogP contribution is -2.44. The first-order valence-electron chi connectivity index (χ1n) is 9.92. The van der Waals surface area contributed by atoms with Crippen LogP contribution in [0.15, 0.2) is 54.6 Å². The largest absolute Gasteiger partial charge is 0.491 e. The molecule has 1 N–H and O–H groups in total. The lowest BCUT2D eigenvalue weighted by molar-refractivity contribution is -0.132. The predicted molar refractivity (Wildman–Crippen MR) is 110 cm³/mol. The SMILES string of the molecule is CCCCC1(c2ccccc2)NC(=O)N(CCOc2ccccc2C(C)=O)C1=O. The molecule has 0 bridgehead atoms. The van der Waals surface area contributed by atoms with Crippen molar-refractivity contribution in [2.45, 2.75) is 38.6 Å². The lowest BCUT2D eigenvalue weighted by Gasteiger charge is -2.27. The number of hydrogen-bond acceptors (Lipinski definition) is 4. The van der Waals surface area contributed by atoms with Crippen molar-refractivity contribution >= 4 is 17.7 Å². The van der Waals surface area contributed by atoms with Gasteiger partial charge in [-0.15, -0.1) is 0 Å². The number of carbonyl (C=O) groups excluding carboxylic acids is 3. The van der Waals surface area contributed by atoms with Crippen LogP contribution in [0.25, 0.3) is 0 Å². The molecule has 152 valence electrons. The van der Waals surface area contributed by atoms with Crippen LogP contribution in [-0.2, 0) is 10.3 Å². The van der Waals surface area contributed by atoms with Gasteiger partial charge in [-0.05, 0) is 31.0 Å². The summed E-state index contributed by atoms with van der Waals surface area (Å²) in [6.45, 7) is 3.75. The molecular formula is C23H26N2O4. The highest BCUT2D eigenvalue weighted by atomic mass is 16.5. The van der Waals surface area contributed by atoms with Gasteiger partial charge in [-0.25, -0.2) is 4.79 Å². The number of rotatable bonds is 9. The van der Waals surface area contributed by atoms with Gasteiger partial charge in [-0.3, -0.25) is 14.5 Å². The third-order valence-electron chi connectivity index (χ3n) is 5.19. The Kier molecular flexibility index (Phi) is 6.32. The number of nitrogens with one attached hydrogen (secondary N) is 1. The first kappa shape index (κ1) is 20.6. The maximum atomic E-state index is 13.3. The van der Waals surface area contributed by atoms with Crippen LogP contribution in [0.3, 0.4) is 0 Å². The molecule has 0 radical (unpaired) electrons. The molecule has 1 aliphatic rings. The van der Waals surface area contributed by atoms with E-state index < -0.39 is 11.6 Å². The number of Topliss-reactive ketones (excluding diaryl/α,β-unsaturated/α-hetero) is 1. The van der Waals surface area contributed by atoms with Gasteiger partial charge in [0.05, 0.1) is 12.1 Å². The number of carbonyl (C=O) groups is 3. The summed E-state index contributed by atoms with van der Waals surface area (Å²) in [5.41, 5.74) is 0.231. The van der Waals surface area contributed by atoms with Gasteiger partial charge < -0.3 is 10.1 Å². The molecule has 0 aliphatic carbocycles. The van der Waals surface area contributed by atoms with Crippen molar-refractivity contribution in [3.63, 3.8) is 0 Å². The number of nitrogens with zero attached hydrogens (tertiary/aromatic N) is 1. The van der Waals surface area contributed by atoms with E-state index in [4.69, 9.17) is 4.74 Å². The third-order valence-corrected chi connectivity index (χ3v) is 5.19. The van der Waals surface area contributed by atoms with Crippen LogP contribution in [0.5, 0.6) is 5.75 Å². The van der Waals surface area contributed by atoms with E-state index in [1.165, 1.54) is 11.8 Å². The van der Waals surface area contributed by atoms with Gasteiger partial charge in [-0.2, -0.15) is 0 Å². The third kappa shape index (κ3) is 4.16. The van der Waals surface area contributed by atoms with Crippen molar-refractivity contribution in [2.24, 2.45) is 0 Å². The normalized spacial score (nSPS) is 18.6. The number of amides is 3. The van der Waals surface area contributed by atoms with Crippen LogP contribution in [0, 0.1) is 0 Å². The zero-order valence-corrected chi connectivity index (χ0v) is 16.8. The molecule has 2 aromatic carbocycles. The predicted octanol–water partition coefficient (Wildman–Crippen LogP) is 3.91. The van der Waals surface area contributed by atoms with Crippen LogP contribution in [0.4, 0.5) is 4.79 Å². The number of ether oxygens (including phenoxy) is 1. The number of hydrogen-bond donors (Lipinski definition) is 1. The van der Waals surface area contributed by atoms with Crippen molar-refractivity contribution in [1.29, 1.82) is 0 Å². The molecule has 1 atom stereocenters. The van der Waals surface area contributed by atoms with Crippen LogP contribution in [-0.4, -0.2) is 35.8 Å². The molecule has 6 nitrogen and oxygen atoms in total. The molecule has 6 heteroatoms. The summed E-state index contributed by atoms with van der Waals surface area (Å²) in [5.74, 6) is 0.0937. The standard InChI is InChI=1S/C23H26N2O4/c1-3-4-14-23(18-10-6-5-7-11-18)21(27)25(22(28)24-23)15-16-29-20-13-9-8-12-19(20)17(2)26/h5-13H,3-4,14-16H2,1-2H3,(H,24,28). The molecule has 1 aliphatic heterocycles. The molecule has 0 spiro atoms. The molecule has 0 saturated carbocycles. The quantitative estimate of drug-likeness (QED) is 0.517. The van der Waals surface area contributed by atoms with E-state index in [1.807, 2.05) is 30.3 Å². The Morgan fingerprint density at radius 3 is 2.45 bits per heavy atom. The van der Waals surface area contributed by atoms with Gasteiger partial charge >= 0.3 is 6.03 Å². The highest BCUT2D eigenvalue weighted by Crippen LogP contribution is 2.34. The van der Waals surface area contributed by atoms with Gasteiger partial charge in [0.1, 0.15) is 17.9 Å². The number of urea groups is 1. The Bertz CT molecular complexity index is 897. The Balaban J connectivity index is 1.75. The summed E-state index contributed by atoms with van der Waals surface area (Å²) in [6, 6.07) is 15.9. The molecule has 3 amide bonds. The fourth-order valence-corrected chi connectivity index (χ4v) is 3.63. The summed E-state index contributed by atoms with van der Waals surface area (Å²) >= 11 is 0. The summed E-state index contributed by atoms with van der Waals surface area (Å²) in [5, 5.41) is 2.92. The Hall–Kier alpha value is -3.15. The second kappa shape index (κ2) is 8.90. The maximum Gasteiger partial charge on any atom is 0.325 e. The van der Waals surface area contributed by atoms with E-state index in [1.54, 1.807) is 24.3 Å². The van der Waals surface area contributed by atoms with Gasteiger partial charge in [0.25, 0.3) is 5.91 Å². The number of ketones is 1.